The van der Waals surface area contributed by atoms with E-state index in [1.807, 2.05) is 0 Å². The minimum atomic E-state index is -4.58. The van der Waals surface area contributed by atoms with E-state index in [4.69, 9.17) is 39.9 Å². The molecule has 0 spiro atoms. The number of carbonyl (C=O) groups is 4. The zero-order valence-corrected chi connectivity index (χ0v) is 36.7. The number of ether oxygens (including phenoxy) is 6. The Balaban J connectivity index is 1.14. The van der Waals surface area contributed by atoms with Gasteiger partial charge in [-0.1, -0.05) is 48.6 Å². The number of hydrogen-bond acceptors (Lipinski definition) is 12. The van der Waals surface area contributed by atoms with E-state index in [2.05, 4.69) is 0 Å². The molecule has 6 rings (SSSR count). The Labute approximate surface area is 390 Å². The zero-order chi connectivity index (χ0) is 50.0. The van der Waals surface area contributed by atoms with Gasteiger partial charge in [-0.05, 0) is 126 Å². The highest BCUT2D eigenvalue weighted by Gasteiger charge is 2.30. The SMILES string of the molecule is COc1cc(C(=O)Oc2ccc(/C=C/C(=O)c3cc(N)ccc3-c3ccc(N)c(C)c3C(=O)/C=C/c3ccc(OC(=O)c4ccc(OCC(F)(F)F)c(OC)c4)cc3)cc2)ccc1OCC(F)(F)F. The molecule has 356 valence electrons. The van der Waals surface area contributed by atoms with E-state index in [-0.39, 0.29) is 62.4 Å². The second kappa shape index (κ2) is 21.4. The minimum absolute atomic E-state index is 0.0130. The smallest absolute Gasteiger partial charge is 0.422 e. The van der Waals surface area contributed by atoms with Crippen LogP contribution in [-0.2, 0) is 0 Å². The van der Waals surface area contributed by atoms with Gasteiger partial charge in [-0.15, -0.1) is 0 Å². The molecule has 69 heavy (non-hydrogen) atoms. The van der Waals surface area contributed by atoms with Crippen molar-refractivity contribution >= 4 is 47.0 Å². The summed E-state index contributed by atoms with van der Waals surface area (Å²) in [5.41, 5.74) is 15.7. The summed E-state index contributed by atoms with van der Waals surface area (Å²) in [6, 6.07) is 27.3. The molecular formula is C51H40F6N2O10. The van der Waals surface area contributed by atoms with E-state index >= 15 is 0 Å². The second-order valence-corrected chi connectivity index (χ2v) is 14.9. The van der Waals surface area contributed by atoms with Crippen LogP contribution in [0.2, 0.25) is 0 Å². The summed E-state index contributed by atoms with van der Waals surface area (Å²) in [7, 11) is 2.42. The number of rotatable bonds is 17. The first kappa shape index (κ1) is 49.9. The van der Waals surface area contributed by atoms with Gasteiger partial charge in [0.15, 0.2) is 47.8 Å². The van der Waals surface area contributed by atoms with Gasteiger partial charge in [0.25, 0.3) is 0 Å². The summed E-state index contributed by atoms with van der Waals surface area (Å²) in [6.07, 6.45) is -3.46. The predicted molar refractivity (Wildman–Crippen MR) is 244 cm³/mol. The second-order valence-electron chi connectivity index (χ2n) is 14.9. The van der Waals surface area contributed by atoms with Gasteiger partial charge in [-0.3, -0.25) is 9.59 Å². The van der Waals surface area contributed by atoms with Crippen LogP contribution in [0.4, 0.5) is 37.7 Å². The number of carbonyl (C=O) groups excluding carboxylic acids is 4. The summed E-state index contributed by atoms with van der Waals surface area (Å²) >= 11 is 0. The van der Waals surface area contributed by atoms with E-state index in [0.717, 1.165) is 12.1 Å². The number of nitrogens with two attached hydrogens (primary N) is 2. The molecule has 0 radical (unpaired) electrons. The maximum absolute atomic E-state index is 14.0. The topological polar surface area (TPSA) is 176 Å². The van der Waals surface area contributed by atoms with E-state index in [1.54, 1.807) is 55.5 Å². The quantitative estimate of drug-likeness (QED) is 0.0221. The zero-order valence-electron chi connectivity index (χ0n) is 36.7. The van der Waals surface area contributed by atoms with Gasteiger partial charge in [0.1, 0.15) is 11.5 Å². The first-order valence-corrected chi connectivity index (χ1v) is 20.4. The van der Waals surface area contributed by atoms with E-state index in [9.17, 15) is 45.5 Å². The number of allylic oxidation sites excluding steroid dienone is 2. The number of benzene rings is 6. The van der Waals surface area contributed by atoms with Crippen molar-refractivity contribution in [1.29, 1.82) is 0 Å². The molecule has 0 aliphatic rings. The lowest BCUT2D eigenvalue weighted by atomic mass is 9.88. The van der Waals surface area contributed by atoms with Crippen molar-refractivity contribution in [3.8, 4) is 45.6 Å². The number of halogens is 6. The summed E-state index contributed by atoms with van der Waals surface area (Å²) in [5.74, 6) is -2.90. The minimum Gasteiger partial charge on any atom is -0.493 e. The van der Waals surface area contributed by atoms with Gasteiger partial charge >= 0.3 is 24.3 Å². The lowest BCUT2D eigenvalue weighted by Crippen LogP contribution is -2.19. The Bertz CT molecular complexity index is 2950. The molecule has 0 aliphatic heterocycles. The van der Waals surface area contributed by atoms with Crippen molar-refractivity contribution in [2.24, 2.45) is 0 Å². The fourth-order valence-corrected chi connectivity index (χ4v) is 6.56. The van der Waals surface area contributed by atoms with E-state index < -0.39 is 49.1 Å². The monoisotopic (exact) mass is 954 g/mol. The highest BCUT2D eigenvalue weighted by atomic mass is 19.4. The van der Waals surface area contributed by atoms with Gasteiger partial charge in [0.05, 0.1) is 25.3 Å². The highest BCUT2D eigenvalue weighted by Crippen LogP contribution is 2.35. The van der Waals surface area contributed by atoms with Crippen LogP contribution in [0.3, 0.4) is 0 Å². The van der Waals surface area contributed by atoms with Crippen LogP contribution in [0.25, 0.3) is 23.3 Å². The largest absolute Gasteiger partial charge is 0.493 e. The van der Waals surface area contributed by atoms with Gasteiger partial charge in [0, 0.05) is 22.5 Å². The molecule has 0 unspecified atom stereocenters. The normalized spacial score (nSPS) is 11.6. The Kier molecular flexibility index (Phi) is 15.5. The highest BCUT2D eigenvalue weighted by molar-refractivity contribution is 6.16. The number of methoxy groups -OCH3 is 2. The molecule has 0 atom stereocenters. The maximum atomic E-state index is 14.0. The molecule has 0 saturated heterocycles. The maximum Gasteiger partial charge on any atom is 0.422 e. The molecule has 0 aromatic heterocycles. The summed E-state index contributed by atoms with van der Waals surface area (Å²) < 4.78 is 106. The lowest BCUT2D eigenvalue weighted by Gasteiger charge is -2.16. The molecule has 6 aromatic rings. The standard InChI is InChI=1S/C51H40F6N2O10/c1-29-40(59)19-18-38(47(29)42(61)21-9-31-6-15-36(16-7-31)69-49(63)33-11-23-44(46(25-33)65-3)67-28-51(55,56)57)37-17-12-34(58)26-39(37)41(60)20-8-30-4-13-35(14-5-30)68-48(62)32-10-22-43(45(24-32)64-2)66-27-50(52,53)54/h4-26H,27-28,58-59H2,1-3H3/b20-8+,21-9+. The molecule has 0 saturated carbocycles. The molecule has 4 N–H and O–H groups in total. The number of esters is 2. The molecule has 0 heterocycles. The van der Waals surface area contributed by atoms with Crippen molar-refractivity contribution in [3.63, 3.8) is 0 Å². The van der Waals surface area contributed by atoms with Crippen molar-refractivity contribution in [3.05, 3.63) is 166 Å². The Morgan fingerprint density at radius 3 is 1.43 bits per heavy atom. The van der Waals surface area contributed by atoms with Crippen LogP contribution >= 0.6 is 0 Å². The fourth-order valence-electron chi connectivity index (χ4n) is 6.56. The van der Waals surface area contributed by atoms with Crippen LogP contribution in [0.15, 0.2) is 127 Å². The average molecular weight is 955 g/mol. The first-order chi connectivity index (χ1) is 32.7. The molecule has 12 nitrogen and oxygen atoms in total. The van der Waals surface area contributed by atoms with Crippen molar-refractivity contribution in [1.82, 2.24) is 0 Å². The lowest BCUT2D eigenvalue weighted by molar-refractivity contribution is -0.154. The third kappa shape index (κ3) is 13.3. The van der Waals surface area contributed by atoms with Crippen LogP contribution in [0.1, 0.15) is 58.1 Å². The Morgan fingerprint density at radius 1 is 0.536 bits per heavy atom. The molecule has 18 heteroatoms. The summed E-state index contributed by atoms with van der Waals surface area (Å²) in [4.78, 5) is 53.5. The summed E-state index contributed by atoms with van der Waals surface area (Å²) in [6.45, 7) is -1.42. The third-order valence-electron chi connectivity index (χ3n) is 9.97. The van der Waals surface area contributed by atoms with Crippen LogP contribution in [0.5, 0.6) is 34.5 Å². The van der Waals surface area contributed by atoms with Crippen molar-refractivity contribution < 1.29 is 73.9 Å². The van der Waals surface area contributed by atoms with Crippen LogP contribution < -0.4 is 39.9 Å². The Morgan fingerprint density at radius 2 is 0.986 bits per heavy atom. The fraction of sp³-hybridized carbons (Fsp3) is 0.137. The molecule has 6 aromatic carbocycles. The van der Waals surface area contributed by atoms with Gasteiger partial charge < -0.3 is 39.9 Å². The summed E-state index contributed by atoms with van der Waals surface area (Å²) in [5, 5.41) is 0. The predicted octanol–water partition coefficient (Wildman–Crippen LogP) is 11.0. The number of anilines is 2. The average Bonchev–Trinajstić information content (AvgIpc) is 3.32. The number of ketones is 2. The number of hydrogen-bond donors (Lipinski definition) is 2. The van der Waals surface area contributed by atoms with Gasteiger partial charge in [-0.2, -0.15) is 26.3 Å². The van der Waals surface area contributed by atoms with Crippen LogP contribution in [0, 0.1) is 6.92 Å². The van der Waals surface area contributed by atoms with Crippen molar-refractivity contribution in [2.75, 3.05) is 38.9 Å². The first-order valence-electron chi connectivity index (χ1n) is 20.4. The number of nitrogen functional groups attached to an aromatic ring is 2. The molecular weight excluding hydrogens is 915 g/mol. The number of alkyl halides is 6. The Hall–Kier alpha value is -8.54. The van der Waals surface area contributed by atoms with Gasteiger partial charge in [0.2, 0.25) is 0 Å². The van der Waals surface area contributed by atoms with Crippen LogP contribution in [-0.4, -0.2) is 63.3 Å². The molecule has 0 amide bonds. The molecule has 0 aliphatic carbocycles. The van der Waals surface area contributed by atoms with Gasteiger partial charge in [-0.25, -0.2) is 9.59 Å². The molecule has 0 fully saturated rings. The molecule has 0 bridgehead atoms. The third-order valence-corrected chi connectivity index (χ3v) is 9.97. The van der Waals surface area contributed by atoms with E-state index in [0.29, 0.717) is 33.5 Å². The van der Waals surface area contributed by atoms with E-state index in [1.165, 1.54) is 93.1 Å². The van der Waals surface area contributed by atoms with Crippen molar-refractivity contribution in [2.45, 2.75) is 19.3 Å².